The topological polar surface area (TPSA) is 55.9 Å². The van der Waals surface area contributed by atoms with E-state index < -0.39 is 0 Å². The third-order valence-corrected chi connectivity index (χ3v) is 4.61. The number of hydrogen-bond donors (Lipinski definition) is 2. The van der Waals surface area contributed by atoms with Crippen LogP contribution < -0.4 is 11.3 Å². The Hall–Kier alpha value is -1.17. The lowest BCUT2D eigenvalue weighted by atomic mass is 10.1. The van der Waals surface area contributed by atoms with E-state index >= 15 is 0 Å². The molecule has 0 radical (unpaired) electrons. The average molecular weight is 278 g/mol. The quantitative estimate of drug-likeness (QED) is 0.630. The molecule has 1 atom stereocenters. The first-order valence-corrected chi connectivity index (χ1v) is 7.56. The molecule has 2 aromatic heterocycles. The van der Waals surface area contributed by atoms with E-state index in [-0.39, 0.29) is 6.04 Å². The van der Waals surface area contributed by atoms with Crippen LogP contribution in [-0.4, -0.2) is 9.78 Å². The third-order valence-electron chi connectivity index (χ3n) is 3.36. The molecular weight excluding hydrogens is 256 g/mol. The van der Waals surface area contributed by atoms with Crippen LogP contribution in [0.5, 0.6) is 0 Å². The lowest BCUT2D eigenvalue weighted by Gasteiger charge is -2.15. The van der Waals surface area contributed by atoms with Crippen molar-refractivity contribution in [2.24, 2.45) is 12.9 Å². The summed E-state index contributed by atoms with van der Waals surface area (Å²) in [5.41, 5.74) is 5.17. The van der Waals surface area contributed by atoms with Crippen LogP contribution in [0.3, 0.4) is 0 Å². The van der Waals surface area contributed by atoms with Gasteiger partial charge in [-0.25, -0.2) is 0 Å². The first-order chi connectivity index (χ1) is 9.17. The number of hydrazine groups is 1. The molecule has 0 aromatic carbocycles. The summed E-state index contributed by atoms with van der Waals surface area (Å²) in [5.74, 6) is 5.73. The minimum Gasteiger partial charge on any atom is -0.271 e. The second-order valence-electron chi connectivity index (χ2n) is 4.68. The van der Waals surface area contributed by atoms with E-state index in [0.29, 0.717) is 0 Å². The fraction of sp³-hybridized carbons (Fsp3) is 0.500. The number of nitrogens with zero attached hydrogens (tertiary/aromatic N) is 2. The van der Waals surface area contributed by atoms with Gasteiger partial charge in [-0.1, -0.05) is 13.8 Å². The summed E-state index contributed by atoms with van der Waals surface area (Å²) in [6, 6.07) is 6.65. The molecule has 19 heavy (non-hydrogen) atoms. The second-order valence-corrected chi connectivity index (χ2v) is 5.94. The number of thiophene rings is 1. The van der Waals surface area contributed by atoms with Gasteiger partial charge >= 0.3 is 0 Å². The Balaban J connectivity index is 2.17. The number of rotatable bonds is 6. The van der Waals surface area contributed by atoms with Gasteiger partial charge in [-0.2, -0.15) is 5.10 Å². The van der Waals surface area contributed by atoms with Crippen molar-refractivity contribution in [1.29, 1.82) is 0 Å². The predicted octanol–water partition coefficient (Wildman–Crippen LogP) is 2.35. The third kappa shape index (κ3) is 3.23. The minimum atomic E-state index is 0.112. The summed E-state index contributed by atoms with van der Waals surface area (Å²) in [6.45, 7) is 4.30. The summed E-state index contributed by atoms with van der Waals surface area (Å²) in [4.78, 5) is 2.78. The van der Waals surface area contributed by atoms with Crippen LogP contribution in [-0.2, 0) is 26.3 Å². The summed E-state index contributed by atoms with van der Waals surface area (Å²) in [6.07, 6.45) is 2.95. The molecule has 0 aliphatic carbocycles. The van der Waals surface area contributed by atoms with Crippen LogP contribution in [0, 0.1) is 0 Å². The first kappa shape index (κ1) is 14.2. The van der Waals surface area contributed by atoms with Crippen molar-refractivity contribution in [2.45, 2.75) is 39.2 Å². The number of nitrogens with one attached hydrogen (secondary N) is 1. The van der Waals surface area contributed by atoms with Crippen molar-refractivity contribution < 1.29 is 0 Å². The van der Waals surface area contributed by atoms with Crippen LogP contribution >= 0.6 is 11.3 Å². The van der Waals surface area contributed by atoms with Gasteiger partial charge in [-0.15, -0.1) is 11.3 Å². The Morgan fingerprint density at radius 3 is 2.58 bits per heavy atom. The zero-order valence-electron chi connectivity index (χ0n) is 11.8. The fourth-order valence-electron chi connectivity index (χ4n) is 2.21. The Bertz CT molecular complexity index is 529. The van der Waals surface area contributed by atoms with Gasteiger partial charge in [0.25, 0.3) is 0 Å². The Morgan fingerprint density at radius 2 is 2.05 bits per heavy atom. The molecule has 3 N–H and O–H groups in total. The van der Waals surface area contributed by atoms with E-state index in [1.807, 2.05) is 23.1 Å². The molecule has 2 heterocycles. The SMILES string of the molecule is CCc1cc(C(Cc2ccc(CC)s2)NN)n(C)n1. The number of aromatic nitrogens is 2. The number of hydrogen-bond acceptors (Lipinski definition) is 4. The monoisotopic (exact) mass is 278 g/mol. The Kier molecular flexibility index (Phi) is 4.74. The Labute approximate surface area is 118 Å². The summed E-state index contributed by atoms with van der Waals surface area (Å²) < 4.78 is 1.93. The van der Waals surface area contributed by atoms with Gasteiger partial charge in [0, 0.05) is 23.2 Å². The summed E-state index contributed by atoms with van der Waals surface area (Å²) >= 11 is 1.86. The van der Waals surface area contributed by atoms with Crippen LogP contribution in [0.2, 0.25) is 0 Å². The highest BCUT2D eigenvalue weighted by Gasteiger charge is 2.16. The summed E-state index contributed by atoms with van der Waals surface area (Å²) in [5, 5.41) is 4.49. The maximum Gasteiger partial charge on any atom is 0.0677 e. The summed E-state index contributed by atoms with van der Waals surface area (Å²) in [7, 11) is 1.98. The highest BCUT2D eigenvalue weighted by Crippen LogP contribution is 2.24. The maximum atomic E-state index is 5.73. The first-order valence-electron chi connectivity index (χ1n) is 6.74. The molecule has 104 valence electrons. The maximum absolute atomic E-state index is 5.73. The largest absolute Gasteiger partial charge is 0.271 e. The highest BCUT2D eigenvalue weighted by atomic mass is 32.1. The van der Waals surface area contributed by atoms with E-state index in [4.69, 9.17) is 5.84 Å². The van der Waals surface area contributed by atoms with Crippen molar-refractivity contribution >= 4 is 11.3 Å². The standard InChI is InChI=1S/C14H22N4S/c1-4-10-8-14(18(3)17-10)13(16-15)9-12-7-6-11(5-2)19-12/h6-8,13,16H,4-5,9,15H2,1-3H3. The molecule has 0 amide bonds. The van der Waals surface area contributed by atoms with Gasteiger partial charge in [0.2, 0.25) is 0 Å². The molecule has 2 rings (SSSR count). The minimum absolute atomic E-state index is 0.112. The van der Waals surface area contributed by atoms with Gasteiger partial charge in [0.1, 0.15) is 0 Å². The zero-order chi connectivity index (χ0) is 13.8. The van der Waals surface area contributed by atoms with Crippen LogP contribution in [0.4, 0.5) is 0 Å². The van der Waals surface area contributed by atoms with Crippen molar-refractivity contribution in [3.05, 3.63) is 39.3 Å². The molecular formula is C14H22N4S. The predicted molar refractivity (Wildman–Crippen MR) is 80.1 cm³/mol. The van der Waals surface area contributed by atoms with Crippen molar-refractivity contribution in [2.75, 3.05) is 0 Å². The van der Waals surface area contributed by atoms with Crippen LogP contribution in [0.25, 0.3) is 0 Å². The van der Waals surface area contributed by atoms with E-state index in [9.17, 15) is 0 Å². The number of aryl methyl sites for hydroxylation is 3. The molecule has 0 aliphatic heterocycles. The van der Waals surface area contributed by atoms with E-state index in [1.54, 1.807) is 0 Å². The van der Waals surface area contributed by atoms with Crippen molar-refractivity contribution in [3.63, 3.8) is 0 Å². The van der Waals surface area contributed by atoms with Gasteiger partial charge in [0.05, 0.1) is 17.4 Å². The molecule has 4 nitrogen and oxygen atoms in total. The number of nitrogens with two attached hydrogens (primary N) is 1. The average Bonchev–Trinajstić information content (AvgIpc) is 3.02. The lowest BCUT2D eigenvalue weighted by Crippen LogP contribution is -2.30. The van der Waals surface area contributed by atoms with Crippen LogP contribution in [0.1, 0.15) is 41.0 Å². The molecule has 0 saturated carbocycles. The normalized spacial score (nSPS) is 12.8. The van der Waals surface area contributed by atoms with Gasteiger partial charge < -0.3 is 0 Å². The van der Waals surface area contributed by atoms with Gasteiger partial charge in [-0.05, 0) is 31.0 Å². The van der Waals surface area contributed by atoms with Crippen molar-refractivity contribution in [1.82, 2.24) is 15.2 Å². The molecule has 0 fully saturated rings. The highest BCUT2D eigenvalue weighted by molar-refractivity contribution is 7.11. The Morgan fingerprint density at radius 1 is 1.32 bits per heavy atom. The lowest BCUT2D eigenvalue weighted by molar-refractivity contribution is 0.511. The molecule has 0 saturated heterocycles. The van der Waals surface area contributed by atoms with Crippen molar-refractivity contribution in [3.8, 4) is 0 Å². The van der Waals surface area contributed by atoms with E-state index in [0.717, 1.165) is 30.7 Å². The molecule has 5 heteroatoms. The molecule has 0 spiro atoms. The second kappa shape index (κ2) is 6.32. The van der Waals surface area contributed by atoms with E-state index in [1.165, 1.54) is 9.75 Å². The molecule has 0 aliphatic rings. The van der Waals surface area contributed by atoms with Crippen LogP contribution in [0.15, 0.2) is 18.2 Å². The fourth-order valence-corrected chi connectivity index (χ4v) is 3.22. The van der Waals surface area contributed by atoms with E-state index in [2.05, 4.69) is 42.6 Å². The van der Waals surface area contributed by atoms with Gasteiger partial charge in [-0.3, -0.25) is 16.0 Å². The smallest absolute Gasteiger partial charge is 0.0677 e. The molecule has 0 bridgehead atoms. The molecule has 1 unspecified atom stereocenters. The van der Waals surface area contributed by atoms with Gasteiger partial charge in [0.15, 0.2) is 0 Å². The molecule has 2 aromatic rings. The zero-order valence-corrected chi connectivity index (χ0v) is 12.6.